The first-order valence-corrected chi connectivity index (χ1v) is 9.44. The van der Waals surface area contributed by atoms with Crippen LogP contribution in [0.3, 0.4) is 0 Å². The van der Waals surface area contributed by atoms with Gasteiger partial charge in [-0.3, -0.25) is 9.82 Å². The van der Waals surface area contributed by atoms with E-state index in [1.807, 2.05) is 25.1 Å². The Bertz CT molecular complexity index is 916. The molecular formula is C14H12BrN3O2S2. The Hall–Kier alpha value is -1.64. The summed E-state index contributed by atoms with van der Waals surface area (Å²) < 4.78 is 28.1. The van der Waals surface area contributed by atoms with E-state index in [4.69, 9.17) is 0 Å². The highest BCUT2D eigenvalue weighted by molar-refractivity contribution is 9.11. The van der Waals surface area contributed by atoms with Crippen molar-refractivity contribution in [2.45, 2.75) is 11.8 Å². The molecule has 0 unspecified atom stereocenters. The van der Waals surface area contributed by atoms with Crippen LogP contribution in [0, 0.1) is 6.92 Å². The summed E-state index contributed by atoms with van der Waals surface area (Å²) in [7, 11) is -3.64. The number of anilines is 1. The number of benzene rings is 1. The van der Waals surface area contributed by atoms with Crippen LogP contribution in [0.5, 0.6) is 0 Å². The van der Waals surface area contributed by atoms with Crippen molar-refractivity contribution < 1.29 is 8.42 Å². The van der Waals surface area contributed by atoms with Gasteiger partial charge in [-0.25, -0.2) is 8.42 Å². The number of nitrogens with zero attached hydrogens (tertiary/aromatic N) is 1. The second-order valence-electron chi connectivity index (χ2n) is 4.69. The van der Waals surface area contributed by atoms with Gasteiger partial charge >= 0.3 is 0 Å². The second-order valence-corrected chi connectivity index (χ2v) is 8.84. The molecule has 2 heterocycles. The summed E-state index contributed by atoms with van der Waals surface area (Å²) in [4.78, 5) is 1.19. The minimum absolute atomic E-state index is 0.218. The number of hydrogen-bond donors (Lipinski definition) is 2. The lowest BCUT2D eigenvalue weighted by Crippen LogP contribution is -2.13. The Morgan fingerprint density at radius 3 is 2.73 bits per heavy atom. The highest BCUT2D eigenvalue weighted by Gasteiger charge is 2.16. The largest absolute Gasteiger partial charge is 0.275 e. The van der Waals surface area contributed by atoms with Crippen molar-refractivity contribution in [1.82, 2.24) is 10.2 Å². The summed E-state index contributed by atoms with van der Waals surface area (Å²) in [6.07, 6.45) is 0. The number of aryl methyl sites for hydroxylation is 1. The lowest BCUT2D eigenvalue weighted by molar-refractivity contribution is 0.601. The van der Waals surface area contributed by atoms with E-state index in [1.54, 1.807) is 24.3 Å². The van der Waals surface area contributed by atoms with Crippen molar-refractivity contribution >= 4 is 43.1 Å². The van der Waals surface area contributed by atoms with Crippen LogP contribution in [0.4, 0.5) is 5.82 Å². The van der Waals surface area contributed by atoms with Crippen LogP contribution in [0.1, 0.15) is 5.56 Å². The Balaban J connectivity index is 1.86. The third-order valence-electron chi connectivity index (χ3n) is 2.96. The number of rotatable bonds is 4. The number of nitrogens with one attached hydrogen (secondary N) is 2. The molecule has 2 N–H and O–H groups in total. The molecule has 5 nitrogen and oxygen atoms in total. The SMILES string of the molecule is Cc1cccc(S(=O)(=O)Nc2cc(-c3ccc(Br)s3)[nH]n2)c1. The van der Waals surface area contributed by atoms with E-state index in [1.165, 1.54) is 11.3 Å². The molecule has 0 bridgehead atoms. The summed E-state index contributed by atoms with van der Waals surface area (Å²) in [5.74, 6) is 0.265. The Morgan fingerprint density at radius 2 is 2.05 bits per heavy atom. The van der Waals surface area contributed by atoms with Gasteiger partial charge in [-0.2, -0.15) is 5.10 Å². The highest BCUT2D eigenvalue weighted by atomic mass is 79.9. The Kier molecular flexibility index (Phi) is 4.07. The van der Waals surface area contributed by atoms with Gasteiger partial charge < -0.3 is 0 Å². The van der Waals surface area contributed by atoms with Gasteiger partial charge in [0.1, 0.15) is 0 Å². The molecule has 0 saturated carbocycles. The van der Waals surface area contributed by atoms with Gasteiger partial charge in [0, 0.05) is 6.07 Å². The van der Waals surface area contributed by atoms with Crippen LogP contribution in [0.15, 0.2) is 51.1 Å². The second kappa shape index (κ2) is 5.86. The van der Waals surface area contributed by atoms with Crippen LogP contribution in [0.2, 0.25) is 0 Å². The Labute approximate surface area is 140 Å². The van der Waals surface area contributed by atoms with Crippen molar-refractivity contribution in [2.24, 2.45) is 0 Å². The fraction of sp³-hybridized carbons (Fsp3) is 0.0714. The summed E-state index contributed by atoms with van der Waals surface area (Å²) in [6.45, 7) is 1.85. The van der Waals surface area contributed by atoms with Crippen molar-refractivity contribution in [2.75, 3.05) is 4.72 Å². The van der Waals surface area contributed by atoms with Crippen LogP contribution < -0.4 is 4.72 Å². The van der Waals surface area contributed by atoms with Crippen LogP contribution in [-0.2, 0) is 10.0 Å². The molecule has 0 aliphatic carbocycles. The molecule has 3 aromatic rings. The van der Waals surface area contributed by atoms with Crippen molar-refractivity contribution in [3.63, 3.8) is 0 Å². The molecule has 114 valence electrons. The predicted octanol–water partition coefficient (Wildman–Crippen LogP) is 4.01. The van der Waals surface area contributed by atoms with Crippen molar-refractivity contribution in [1.29, 1.82) is 0 Å². The molecule has 2 aromatic heterocycles. The lowest BCUT2D eigenvalue weighted by atomic mass is 10.2. The van der Waals surface area contributed by atoms with Gasteiger partial charge in [0.25, 0.3) is 10.0 Å². The van der Waals surface area contributed by atoms with E-state index < -0.39 is 10.0 Å². The van der Waals surface area contributed by atoms with Gasteiger partial charge in [-0.05, 0) is 52.7 Å². The van der Waals surface area contributed by atoms with Gasteiger partial charge in [-0.1, -0.05) is 12.1 Å². The number of hydrogen-bond acceptors (Lipinski definition) is 4. The number of sulfonamides is 1. The summed E-state index contributed by atoms with van der Waals surface area (Å²) >= 11 is 4.93. The third kappa shape index (κ3) is 3.23. The van der Waals surface area contributed by atoms with Crippen LogP contribution in [-0.4, -0.2) is 18.6 Å². The molecule has 0 aliphatic heterocycles. The first-order chi connectivity index (χ1) is 10.4. The smallest absolute Gasteiger partial charge is 0.263 e. The number of aromatic amines is 1. The monoisotopic (exact) mass is 397 g/mol. The van der Waals surface area contributed by atoms with Gasteiger partial charge in [0.05, 0.1) is 19.3 Å². The van der Waals surface area contributed by atoms with E-state index >= 15 is 0 Å². The molecule has 3 rings (SSSR count). The van der Waals surface area contributed by atoms with Crippen LogP contribution >= 0.6 is 27.3 Å². The highest BCUT2D eigenvalue weighted by Crippen LogP contribution is 2.31. The van der Waals surface area contributed by atoms with E-state index in [9.17, 15) is 8.42 Å². The molecule has 0 radical (unpaired) electrons. The first kappa shape index (κ1) is 15.3. The van der Waals surface area contributed by atoms with E-state index in [0.717, 1.165) is 19.9 Å². The van der Waals surface area contributed by atoms with E-state index in [-0.39, 0.29) is 10.7 Å². The zero-order valence-corrected chi connectivity index (χ0v) is 14.7. The standard InChI is InChI=1S/C14H12BrN3O2S2/c1-9-3-2-4-10(7-9)22(19,20)18-14-8-11(16-17-14)12-5-6-13(15)21-12/h2-8H,1H3,(H2,16,17,18). The average Bonchev–Trinajstić information content (AvgIpc) is 3.07. The fourth-order valence-corrected chi connectivity index (χ4v) is 4.39. The number of halogens is 1. The van der Waals surface area contributed by atoms with Crippen molar-refractivity contribution in [3.8, 4) is 10.6 Å². The minimum atomic E-state index is -3.64. The molecule has 0 atom stereocenters. The molecule has 0 spiro atoms. The quantitative estimate of drug-likeness (QED) is 0.697. The Morgan fingerprint density at radius 1 is 1.23 bits per heavy atom. The topological polar surface area (TPSA) is 74.8 Å². The molecule has 8 heteroatoms. The maximum atomic E-state index is 12.3. The normalized spacial score (nSPS) is 11.5. The predicted molar refractivity (Wildman–Crippen MR) is 91.6 cm³/mol. The zero-order valence-electron chi connectivity index (χ0n) is 11.5. The van der Waals surface area contributed by atoms with E-state index in [0.29, 0.717) is 0 Å². The molecule has 0 fully saturated rings. The summed E-state index contributed by atoms with van der Waals surface area (Å²) in [5.41, 5.74) is 1.65. The molecule has 1 aromatic carbocycles. The van der Waals surface area contributed by atoms with Gasteiger partial charge in [0.15, 0.2) is 5.82 Å². The maximum Gasteiger partial charge on any atom is 0.263 e. The molecular weight excluding hydrogens is 386 g/mol. The average molecular weight is 398 g/mol. The van der Waals surface area contributed by atoms with Crippen molar-refractivity contribution in [3.05, 3.63) is 51.8 Å². The maximum absolute atomic E-state index is 12.3. The molecule has 22 heavy (non-hydrogen) atoms. The lowest BCUT2D eigenvalue weighted by Gasteiger charge is -2.05. The number of H-pyrrole nitrogens is 1. The molecule has 0 aliphatic rings. The third-order valence-corrected chi connectivity index (χ3v) is 5.96. The fourth-order valence-electron chi connectivity index (χ4n) is 1.94. The summed E-state index contributed by atoms with van der Waals surface area (Å²) in [6, 6.07) is 12.3. The number of aromatic nitrogens is 2. The first-order valence-electron chi connectivity index (χ1n) is 6.35. The van der Waals surface area contributed by atoms with Gasteiger partial charge in [0.2, 0.25) is 0 Å². The molecule has 0 amide bonds. The van der Waals surface area contributed by atoms with E-state index in [2.05, 4.69) is 30.8 Å². The minimum Gasteiger partial charge on any atom is -0.275 e. The number of thiophene rings is 1. The zero-order chi connectivity index (χ0) is 15.7. The summed E-state index contributed by atoms with van der Waals surface area (Å²) in [5, 5.41) is 6.84. The molecule has 0 saturated heterocycles. The van der Waals surface area contributed by atoms with Crippen LogP contribution in [0.25, 0.3) is 10.6 Å². The van der Waals surface area contributed by atoms with Gasteiger partial charge in [-0.15, -0.1) is 11.3 Å².